The molecule has 208 valence electrons. The lowest BCUT2D eigenvalue weighted by Gasteiger charge is -2.40. The highest BCUT2D eigenvalue weighted by atomic mass is 79.9. The van der Waals surface area contributed by atoms with Crippen molar-refractivity contribution in [1.82, 2.24) is 19.4 Å². The fourth-order valence-corrected chi connectivity index (χ4v) is 5.42. The van der Waals surface area contributed by atoms with Gasteiger partial charge >= 0.3 is 6.03 Å². The summed E-state index contributed by atoms with van der Waals surface area (Å²) in [5.74, 6) is 0.960. The van der Waals surface area contributed by atoms with Crippen molar-refractivity contribution in [2.45, 2.75) is 26.4 Å². The number of hydrogen-bond donors (Lipinski definition) is 1. The van der Waals surface area contributed by atoms with E-state index in [0.29, 0.717) is 48.5 Å². The smallest absolute Gasteiger partial charge is 0.321 e. The highest BCUT2D eigenvalue weighted by Crippen LogP contribution is 2.40. The van der Waals surface area contributed by atoms with Crippen LogP contribution in [-0.4, -0.2) is 57.8 Å². The summed E-state index contributed by atoms with van der Waals surface area (Å²) in [4.78, 5) is 26.7. The lowest BCUT2D eigenvalue weighted by atomic mass is 9.96. The Kier molecular flexibility index (Phi) is 8.62. The molecule has 1 aliphatic heterocycles. The summed E-state index contributed by atoms with van der Waals surface area (Å²) in [5.41, 5.74) is 6.84. The number of halogens is 1. The van der Waals surface area contributed by atoms with Crippen LogP contribution in [0.5, 0.6) is 0 Å². The van der Waals surface area contributed by atoms with Crippen LogP contribution in [0.1, 0.15) is 35.5 Å². The molecule has 9 heteroatoms. The lowest BCUT2D eigenvalue weighted by Crippen LogP contribution is -2.51. The molecule has 0 bridgehead atoms. The molecule has 1 N–H and O–H groups in total. The molecule has 1 atom stereocenters. The highest BCUT2D eigenvalue weighted by Gasteiger charge is 2.33. The van der Waals surface area contributed by atoms with Crippen molar-refractivity contribution in [1.29, 1.82) is 5.26 Å². The van der Waals surface area contributed by atoms with Crippen LogP contribution in [0.3, 0.4) is 0 Å². The number of imidazole rings is 1. The number of aromatic nitrogens is 2. The van der Waals surface area contributed by atoms with Gasteiger partial charge in [0.15, 0.2) is 0 Å². The zero-order valence-corrected chi connectivity index (χ0v) is 24.8. The molecule has 1 fully saturated rings. The van der Waals surface area contributed by atoms with Crippen LogP contribution in [0.15, 0.2) is 93.8 Å². The molecule has 0 radical (unpaired) electrons. The van der Waals surface area contributed by atoms with Crippen LogP contribution in [0.25, 0.3) is 6.08 Å². The lowest BCUT2D eigenvalue weighted by molar-refractivity contribution is 0.124. The molecule has 8 nitrogen and oxygen atoms in total. The first kappa shape index (κ1) is 28.3. The van der Waals surface area contributed by atoms with Crippen molar-refractivity contribution in [2.75, 3.05) is 31.5 Å². The van der Waals surface area contributed by atoms with Crippen molar-refractivity contribution in [3.63, 3.8) is 0 Å². The van der Waals surface area contributed by atoms with Gasteiger partial charge in [0, 0.05) is 61.5 Å². The molecule has 2 heterocycles. The van der Waals surface area contributed by atoms with Crippen LogP contribution >= 0.6 is 15.9 Å². The third-order valence-corrected chi connectivity index (χ3v) is 7.79. The third kappa shape index (κ3) is 6.40. The summed E-state index contributed by atoms with van der Waals surface area (Å²) in [6, 6.07) is 17.3. The molecule has 1 unspecified atom stereocenters. The number of allylic oxidation sites excluding steroid dienone is 3. The average Bonchev–Trinajstić information content (AvgIpc) is 3.34. The largest absolute Gasteiger partial charge is 0.331 e. The molecule has 5 rings (SSSR count). The van der Waals surface area contributed by atoms with E-state index in [1.165, 1.54) is 11.1 Å². The topological polar surface area (TPSA) is 89.6 Å². The number of carbonyl (C=O) groups is 1. The van der Waals surface area contributed by atoms with Gasteiger partial charge in [0.2, 0.25) is 0 Å². The predicted octanol–water partition coefficient (Wildman–Crippen LogP) is 6.30. The number of fused-ring (bicyclic) bond motifs is 1. The first-order chi connectivity index (χ1) is 19.8. The molecule has 2 aromatic carbocycles. The minimum atomic E-state index is -0.143. The monoisotopic (exact) mass is 609 g/mol. The fourth-order valence-electron chi connectivity index (χ4n) is 5.31. The zero-order chi connectivity index (χ0) is 28.9. The Morgan fingerprint density at radius 2 is 1.90 bits per heavy atom. The number of anilines is 1. The van der Waals surface area contributed by atoms with E-state index in [1.54, 1.807) is 30.5 Å². The van der Waals surface area contributed by atoms with Gasteiger partial charge in [-0.2, -0.15) is 5.26 Å². The predicted molar refractivity (Wildman–Crippen MR) is 167 cm³/mol. The number of amides is 2. The fraction of sp³-hybridized carbons (Fsp3) is 0.250. The van der Waals surface area contributed by atoms with Crippen molar-refractivity contribution < 1.29 is 4.79 Å². The standard InChI is InChI=1S/C32H32BrN7O/c1-22(33)20-36-30-23(2)27(21-40-13-12-35-24(40)3)18-26-6-4-5-7-29(26)31(30)38-14-16-39(17-15-38)32(41)37-28-10-8-25(19-34)9-11-28/h4-13,18,20,31H,1,14-17,21H2,2-3H3,(H,37,41). The van der Waals surface area contributed by atoms with Crippen molar-refractivity contribution in [3.8, 4) is 6.07 Å². The Hall–Kier alpha value is -4.26. The Morgan fingerprint density at radius 1 is 1.17 bits per heavy atom. The van der Waals surface area contributed by atoms with Crippen LogP contribution in [-0.2, 0) is 6.54 Å². The second-order valence-electron chi connectivity index (χ2n) is 10.2. The number of nitrogens with one attached hydrogen (secondary N) is 1. The molecule has 0 saturated carbocycles. The van der Waals surface area contributed by atoms with Gasteiger partial charge in [-0.25, -0.2) is 9.78 Å². The van der Waals surface area contributed by atoms with Crippen LogP contribution in [0.4, 0.5) is 10.5 Å². The molecular weight excluding hydrogens is 578 g/mol. The minimum absolute atomic E-state index is 0.0873. The molecule has 1 saturated heterocycles. The van der Waals surface area contributed by atoms with E-state index in [0.717, 1.165) is 22.7 Å². The molecule has 0 spiro atoms. The number of rotatable bonds is 6. The second-order valence-corrected chi connectivity index (χ2v) is 11.2. The molecule has 2 aliphatic rings. The van der Waals surface area contributed by atoms with E-state index in [-0.39, 0.29) is 12.1 Å². The van der Waals surface area contributed by atoms with Gasteiger partial charge in [-0.3, -0.25) is 9.89 Å². The maximum Gasteiger partial charge on any atom is 0.321 e. The SMILES string of the molecule is C=C(Br)C=NC1=C(C)C(Cn2ccnc2C)=Cc2ccccc2C1N1CCN(C(=O)Nc2ccc(C#N)cc2)CC1. The summed E-state index contributed by atoms with van der Waals surface area (Å²) in [7, 11) is 0. The van der Waals surface area contributed by atoms with Crippen LogP contribution in [0.2, 0.25) is 0 Å². The molecule has 1 aromatic heterocycles. The first-order valence-electron chi connectivity index (χ1n) is 13.5. The number of nitrogens with zero attached hydrogens (tertiary/aromatic N) is 6. The quantitative estimate of drug-likeness (QED) is 0.332. The van der Waals surface area contributed by atoms with Gasteiger partial charge < -0.3 is 14.8 Å². The second kappa shape index (κ2) is 12.5. The number of aryl methyl sites for hydroxylation is 1. The van der Waals surface area contributed by atoms with E-state index >= 15 is 0 Å². The summed E-state index contributed by atoms with van der Waals surface area (Å²) < 4.78 is 2.85. The van der Waals surface area contributed by atoms with Gasteiger partial charge in [0.1, 0.15) is 5.82 Å². The number of hydrogen-bond acceptors (Lipinski definition) is 5. The van der Waals surface area contributed by atoms with E-state index in [2.05, 4.69) is 85.6 Å². The summed E-state index contributed by atoms with van der Waals surface area (Å²) in [5, 5.41) is 12.0. The molecule has 2 amide bonds. The first-order valence-corrected chi connectivity index (χ1v) is 14.3. The van der Waals surface area contributed by atoms with E-state index in [1.807, 2.05) is 24.2 Å². The number of benzene rings is 2. The highest BCUT2D eigenvalue weighted by molar-refractivity contribution is 9.12. The molecular formula is C32H32BrN7O. The summed E-state index contributed by atoms with van der Waals surface area (Å²) in [6.07, 6.45) is 7.86. The average molecular weight is 611 g/mol. The Balaban J connectivity index is 1.42. The molecule has 41 heavy (non-hydrogen) atoms. The van der Waals surface area contributed by atoms with Crippen molar-refractivity contribution >= 4 is 39.9 Å². The van der Waals surface area contributed by atoms with Gasteiger partial charge in [-0.1, -0.05) is 30.8 Å². The molecule has 3 aromatic rings. The van der Waals surface area contributed by atoms with Gasteiger partial charge in [-0.15, -0.1) is 0 Å². The van der Waals surface area contributed by atoms with E-state index < -0.39 is 0 Å². The zero-order valence-electron chi connectivity index (χ0n) is 23.2. The summed E-state index contributed by atoms with van der Waals surface area (Å²) >= 11 is 3.45. The van der Waals surface area contributed by atoms with E-state index in [9.17, 15) is 4.79 Å². The number of piperazine rings is 1. The van der Waals surface area contributed by atoms with E-state index in [4.69, 9.17) is 10.3 Å². The van der Waals surface area contributed by atoms with Crippen molar-refractivity contribution in [3.05, 3.63) is 111 Å². The van der Waals surface area contributed by atoms with Gasteiger partial charge in [0.25, 0.3) is 0 Å². The maximum atomic E-state index is 13.0. The number of nitriles is 1. The van der Waals surface area contributed by atoms with Gasteiger partial charge in [0.05, 0.1) is 23.4 Å². The molecule has 1 aliphatic carbocycles. The maximum absolute atomic E-state index is 13.0. The Bertz CT molecular complexity index is 1580. The Morgan fingerprint density at radius 3 is 2.56 bits per heavy atom. The number of carbonyl (C=O) groups excluding carboxylic acids is 1. The summed E-state index contributed by atoms with van der Waals surface area (Å²) in [6.45, 7) is 11.4. The third-order valence-electron chi connectivity index (χ3n) is 7.59. The van der Waals surface area contributed by atoms with Gasteiger partial charge in [-0.05, 0) is 82.4 Å². The minimum Gasteiger partial charge on any atom is -0.331 e. The number of aliphatic imine (C=N–C) groups is 1. The number of urea groups is 1. The Labute approximate surface area is 249 Å². The van der Waals surface area contributed by atoms with Crippen LogP contribution in [0, 0.1) is 18.3 Å². The van der Waals surface area contributed by atoms with Crippen molar-refractivity contribution in [2.24, 2.45) is 4.99 Å². The van der Waals surface area contributed by atoms with Crippen LogP contribution < -0.4 is 5.32 Å². The normalized spacial score (nSPS) is 17.6.